The third-order valence-corrected chi connectivity index (χ3v) is 4.05. The van der Waals surface area contributed by atoms with Gasteiger partial charge in [0.15, 0.2) is 4.67 Å². The van der Waals surface area contributed by atoms with Crippen LogP contribution in [0.25, 0.3) is 0 Å². The molecular weight excluding hydrogens is 376 g/mol. The van der Waals surface area contributed by atoms with Crippen LogP contribution < -0.4 is 5.43 Å². The Kier molecular flexibility index (Phi) is 4.55. The van der Waals surface area contributed by atoms with Gasteiger partial charge in [-0.05, 0) is 50.9 Å². The number of aryl methyl sites for hydroxylation is 1. The Labute approximate surface area is 127 Å². The summed E-state index contributed by atoms with van der Waals surface area (Å²) in [4.78, 5) is 11.7. The van der Waals surface area contributed by atoms with Crippen LogP contribution in [0.1, 0.15) is 21.7 Å². The largest absolute Gasteiger partial charge is 0.447 e. The first kappa shape index (κ1) is 14.0. The maximum absolute atomic E-state index is 11.7. The average molecular weight is 386 g/mol. The van der Waals surface area contributed by atoms with Gasteiger partial charge in [-0.2, -0.15) is 5.10 Å². The molecule has 6 heteroatoms. The lowest BCUT2D eigenvalue weighted by atomic mass is 10.1. The zero-order chi connectivity index (χ0) is 13.8. The monoisotopic (exact) mass is 384 g/mol. The van der Waals surface area contributed by atoms with E-state index in [1.807, 2.05) is 19.1 Å². The molecule has 0 spiro atoms. The van der Waals surface area contributed by atoms with Crippen LogP contribution in [0.5, 0.6) is 0 Å². The van der Waals surface area contributed by atoms with Crippen LogP contribution >= 0.6 is 31.9 Å². The van der Waals surface area contributed by atoms with E-state index in [0.29, 0.717) is 16.0 Å². The van der Waals surface area contributed by atoms with Gasteiger partial charge >= 0.3 is 0 Å². The molecule has 1 amide bonds. The minimum Gasteiger partial charge on any atom is -0.447 e. The van der Waals surface area contributed by atoms with Crippen molar-refractivity contribution in [3.63, 3.8) is 0 Å². The molecule has 1 aromatic heterocycles. The third-order valence-electron chi connectivity index (χ3n) is 2.34. The summed E-state index contributed by atoms with van der Waals surface area (Å²) in [5, 5.41) is 3.83. The number of amides is 1. The Bertz CT molecular complexity index is 599. The molecule has 0 atom stereocenters. The summed E-state index contributed by atoms with van der Waals surface area (Å²) < 4.78 is 6.66. The van der Waals surface area contributed by atoms with Crippen molar-refractivity contribution in [1.29, 1.82) is 0 Å². The van der Waals surface area contributed by atoms with Gasteiger partial charge in [0, 0.05) is 11.6 Å². The van der Waals surface area contributed by atoms with Gasteiger partial charge in [-0.15, -0.1) is 0 Å². The van der Waals surface area contributed by atoms with Crippen LogP contribution in [0.2, 0.25) is 0 Å². The van der Waals surface area contributed by atoms with E-state index < -0.39 is 0 Å². The standard InChI is InChI=1S/C13H10Br2N2O2/c1-8-2-4-9(5-3-8)13(18)17-16-7-10-6-11(14)12(15)19-10/h2-7H,1H3,(H,17,18)/b16-7-. The number of carbonyl (C=O) groups excluding carboxylic acids is 1. The van der Waals surface area contributed by atoms with Crippen molar-refractivity contribution < 1.29 is 9.21 Å². The molecule has 1 heterocycles. The van der Waals surface area contributed by atoms with E-state index in [1.54, 1.807) is 18.2 Å². The number of hydrogen-bond acceptors (Lipinski definition) is 3. The predicted molar refractivity (Wildman–Crippen MR) is 80.3 cm³/mol. The maximum atomic E-state index is 11.7. The number of hydrazone groups is 1. The van der Waals surface area contributed by atoms with E-state index in [4.69, 9.17) is 4.42 Å². The predicted octanol–water partition coefficient (Wildman–Crippen LogP) is 3.88. The summed E-state index contributed by atoms with van der Waals surface area (Å²) in [6.45, 7) is 1.96. The molecule has 19 heavy (non-hydrogen) atoms. The van der Waals surface area contributed by atoms with Gasteiger partial charge in [0.1, 0.15) is 5.76 Å². The van der Waals surface area contributed by atoms with E-state index >= 15 is 0 Å². The van der Waals surface area contributed by atoms with Gasteiger partial charge in [0.05, 0.1) is 10.7 Å². The summed E-state index contributed by atoms with van der Waals surface area (Å²) in [6, 6.07) is 8.99. The second-order valence-electron chi connectivity index (χ2n) is 3.84. The van der Waals surface area contributed by atoms with Crippen LogP contribution in [0.15, 0.2) is 49.0 Å². The molecule has 0 aliphatic heterocycles. The molecule has 0 aliphatic carbocycles. The highest BCUT2D eigenvalue weighted by atomic mass is 79.9. The second kappa shape index (κ2) is 6.16. The number of rotatable bonds is 3. The molecule has 0 saturated heterocycles. The molecule has 4 nitrogen and oxygen atoms in total. The highest BCUT2D eigenvalue weighted by molar-refractivity contribution is 9.13. The Morgan fingerprint density at radius 2 is 2.00 bits per heavy atom. The zero-order valence-corrected chi connectivity index (χ0v) is 13.2. The summed E-state index contributed by atoms with van der Waals surface area (Å²) in [6.07, 6.45) is 1.43. The van der Waals surface area contributed by atoms with E-state index in [0.717, 1.165) is 10.0 Å². The highest BCUT2D eigenvalue weighted by Crippen LogP contribution is 2.25. The van der Waals surface area contributed by atoms with Crippen molar-refractivity contribution in [2.45, 2.75) is 6.92 Å². The number of hydrogen-bond donors (Lipinski definition) is 1. The van der Waals surface area contributed by atoms with Crippen molar-refractivity contribution in [1.82, 2.24) is 5.43 Å². The van der Waals surface area contributed by atoms with Crippen molar-refractivity contribution in [2.75, 3.05) is 0 Å². The second-order valence-corrected chi connectivity index (χ2v) is 5.41. The van der Waals surface area contributed by atoms with E-state index in [2.05, 4.69) is 42.4 Å². The topological polar surface area (TPSA) is 54.6 Å². The Morgan fingerprint density at radius 1 is 1.32 bits per heavy atom. The molecule has 1 aromatic carbocycles. The van der Waals surface area contributed by atoms with Crippen molar-refractivity contribution in [2.24, 2.45) is 5.10 Å². The lowest BCUT2D eigenvalue weighted by Crippen LogP contribution is -2.17. The quantitative estimate of drug-likeness (QED) is 0.643. The highest BCUT2D eigenvalue weighted by Gasteiger charge is 2.05. The summed E-state index contributed by atoms with van der Waals surface area (Å²) in [5.41, 5.74) is 4.10. The van der Waals surface area contributed by atoms with Gasteiger partial charge < -0.3 is 4.42 Å². The van der Waals surface area contributed by atoms with Gasteiger partial charge in [-0.3, -0.25) is 4.79 Å². The number of nitrogens with one attached hydrogen (secondary N) is 1. The Morgan fingerprint density at radius 3 is 2.58 bits per heavy atom. The van der Waals surface area contributed by atoms with Gasteiger partial charge in [0.2, 0.25) is 0 Å². The Balaban J connectivity index is 1.98. The van der Waals surface area contributed by atoms with E-state index in [9.17, 15) is 4.79 Å². The number of halogens is 2. The Hall–Kier alpha value is -1.40. The van der Waals surface area contributed by atoms with Crippen LogP contribution in [-0.2, 0) is 0 Å². The molecule has 0 unspecified atom stereocenters. The van der Waals surface area contributed by atoms with Crippen LogP contribution in [0.4, 0.5) is 0 Å². The van der Waals surface area contributed by atoms with Crippen molar-refractivity contribution >= 4 is 44.0 Å². The molecule has 0 aliphatic rings. The smallest absolute Gasteiger partial charge is 0.271 e. The van der Waals surface area contributed by atoms with E-state index in [-0.39, 0.29) is 5.91 Å². The molecule has 1 N–H and O–H groups in total. The summed E-state index contributed by atoms with van der Waals surface area (Å²) in [5.74, 6) is 0.267. The molecule has 0 bridgehead atoms. The number of carbonyl (C=O) groups is 1. The summed E-state index contributed by atoms with van der Waals surface area (Å²) >= 11 is 6.51. The SMILES string of the molecule is Cc1ccc(C(=O)N/N=C\c2cc(Br)c(Br)o2)cc1. The molecule has 2 rings (SSSR count). The minimum absolute atomic E-state index is 0.263. The minimum atomic E-state index is -0.263. The van der Waals surface area contributed by atoms with Crippen LogP contribution in [0, 0.1) is 6.92 Å². The van der Waals surface area contributed by atoms with Crippen LogP contribution in [0.3, 0.4) is 0 Å². The maximum Gasteiger partial charge on any atom is 0.271 e. The number of nitrogens with zero attached hydrogens (tertiary/aromatic N) is 1. The van der Waals surface area contributed by atoms with Crippen molar-refractivity contribution in [3.8, 4) is 0 Å². The molecular formula is C13H10Br2N2O2. The molecule has 0 fully saturated rings. The molecule has 0 radical (unpaired) electrons. The fourth-order valence-electron chi connectivity index (χ4n) is 1.35. The average Bonchev–Trinajstić information content (AvgIpc) is 2.69. The first-order valence-corrected chi connectivity index (χ1v) is 7.00. The van der Waals surface area contributed by atoms with Crippen LogP contribution in [-0.4, -0.2) is 12.1 Å². The summed E-state index contributed by atoms with van der Waals surface area (Å²) in [7, 11) is 0. The zero-order valence-electron chi connectivity index (χ0n) is 9.98. The lowest BCUT2D eigenvalue weighted by molar-refractivity contribution is 0.0955. The molecule has 98 valence electrons. The molecule has 2 aromatic rings. The third kappa shape index (κ3) is 3.78. The van der Waals surface area contributed by atoms with Gasteiger partial charge in [-0.1, -0.05) is 17.7 Å². The first-order chi connectivity index (χ1) is 9.06. The fraction of sp³-hybridized carbons (Fsp3) is 0.0769. The lowest BCUT2D eigenvalue weighted by Gasteiger charge is -1.99. The normalized spacial score (nSPS) is 10.9. The number of furan rings is 1. The molecule has 0 saturated carbocycles. The van der Waals surface area contributed by atoms with Gasteiger partial charge in [-0.25, -0.2) is 5.43 Å². The first-order valence-electron chi connectivity index (χ1n) is 5.41. The van der Waals surface area contributed by atoms with Crippen molar-refractivity contribution in [3.05, 3.63) is 56.4 Å². The number of benzene rings is 1. The fourth-order valence-corrected chi connectivity index (χ4v) is 1.96. The van der Waals surface area contributed by atoms with Gasteiger partial charge in [0.25, 0.3) is 5.91 Å². The van der Waals surface area contributed by atoms with E-state index in [1.165, 1.54) is 6.21 Å².